The number of alkyl halides is 27. The highest BCUT2D eigenvalue weighted by Gasteiger charge is 3.00. The first-order chi connectivity index (χ1) is 20.5. The quantitative estimate of drug-likeness (QED) is 0.194. The number of nitriles is 1. The topological polar surface area (TPSA) is 23.8 Å². The Balaban J connectivity index is 3.95. The van der Waals surface area contributed by atoms with E-state index in [9.17, 15) is 119 Å². The van der Waals surface area contributed by atoms with Gasteiger partial charge >= 0.3 is 77.2 Å². The Morgan fingerprint density at radius 2 is 0.521 bits per heavy atom. The molecule has 1 aromatic rings. The summed E-state index contributed by atoms with van der Waals surface area (Å²) in [5.41, 5.74) is -3.53. The van der Waals surface area contributed by atoms with Crippen LogP contribution in [0.5, 0.6) is 0 Å². The van der Waals surface area contributed by atoms with E-state index < -0.39 is 101 Å². The molecular formula is C20H4F27N. The summed E-state index contributed by atoms with van der Waals surface area (Å²) in [5, 5.41) is 8.44. The first-order valence-corrected chi connectivity index (χ1v) is 10.6. The van der Waals surface area contributed by atoms with E-state index in [0.717, 1.165) is 6.07 Å². The summed E-state index contributed by atoms with van der Waals surface area (Å²) in [5.74, 6) is -110. The molecule has 0 atom stereocenters. The third-order valence-electron chi connectivity index (χ3n) is 6.07. The number of halogens is 27. The third kappa shape index (κ3) is 4.96. The van der Waals surface area contributed by atoms with Gasteiger partial charge in [0.05, 0.1) is 11.6 Å². The average Bonchev–Trinajstić information content (AvgIpc) is 2.91. The van der Waals surface area contributed by atoms with Crippen LogP contribution in [-0.4, -0.2) is 71.3 Å². The number of benzene rings is 1. The molecule has 0 aliphatic heterocycles. The third-order valence-corrected chi connectivity index (χ3v) is 6.07. The molecule has 28 heteroatoms. The van der Waals surface area contributed by atoms with E-state index in [1.54, 1.807) is 0 Å². The van der Waals surface area contributed by atoms with E-state index in [-0.39, 0.29) is 12.1 Å². The monoisotopic (exact) mass is 771 g/mol. The molecule has 0 heterocycles. The predicted octanol–water partition coefficient (Wildman–Crippen LogP) is 10.2. The van der Waals surface area contributed by atoms with E-state index in [2.05, 4.69) is 0 Å². The normalized spacial score (nSPS) is 16.2. The van der Waals surface area contributed by atoms with Crippen molar-refractivity contribution in [1.29, 1.82) is 5.26 Å². The SMILES string of the molecule is N#Cc1ccc(C(F)(F)C(F)(F)C(F)(F)C(F)(F)C(F)(F)C(F)(F)C(F)(F)C(F)(F)C(F)(F)C(F)(F)C(F)(F)C(F)(F)C(F)(F)F)cc1. The van der Waals surface area contributed by atoms with Gasteiger partial charge in [0.15, 0.2) is 0 Å². The van der Waals surface area contributed by atoms with Crippen LogP contribution in [0.3, 0.4) is 0 Å². The molecule has 0 spiro atoms. The van der Waals surface area contributed by atoms with Crippen LogP contribution in [0.2, 0.25) is 0 Å². The Labute approximate surface area is 243 Å². The molecule has 0 fully saturated rings. The Morgan fingerprint density at radius 3 is 0.729 bits per heavy atom. The molecule has 0 bridgehead atoms. The molecule has 0 unspecified atom stereocenters. The van der Waals surface area contributed by atoms with Crippen LogP contribution >= 0.6 is 0 Å². The maximum Gasteiger partial charge on any atom is 0.460 e. The molecular weight excluding hydrogens is 767 g/mol. The van der Waals surface area contributed by atoms with Gasteiger partial charge in [-0.15, -0.1) is 0 Å². The van der Waals surface area contributed by atoms with Gasteiger partial charge in [-0.05, 0) is 12.1 Å². The van der Waals surface area contributed by atoms with Crippen LogP contribution < -0.4 is 0 Å². The van der Waals surface area contributed by atoms with Crippen molar-refractivity contribution >= 4 is 0 Å². The van der Waals surface area contributed by atoms with E-state index in [1.807, 2.05) is 0 Å². The summed E-state index contributed by atoms with van der Waals surface area (Å²) >= 11 is 0. The van der Waals surface area contributed by atoms with Gasteiger partial charge in [-0.1, -0.05) is 12.1 Å². The zero-order chi connectivity index (χ0) is 39.2. The summed E-state index contributed by atoms with van der Waals surface area (Å²) in [7, 11) is 0. The van der Waals surface area contributed by atoms with Crippen molar-refractivity contribution in [2.45, 2.75) is 77.2 Å². The van der Waals surface area contributed by atoms with Crippen molar-refractivity contribution in [3.05, 3.63) is 35.4 Å². The molecule has 0 radical (unpaired) electrons. The standard InChI is InChI=1S/C20H4F27N/c21-8(22,7-3-1-6(5-48)2-4-7)9(23,24)10(25,26)11(27,28)12(29,30)13(31,32)14(33,34)15(35,36)16(37,38)17(39,40)18(41,42)19(43,44)20(45,46)47/h1-4H. The Morgan fingerprint density at radius 1 is 0.312 bits per heavy atom. The molecule has 1 nitrogen and oxygen atoms in total. The van der Waals surface area contributed by atoms with Gasteiger partial charge in [-0.2, -0.15) is 124 Å². The van der Waals surface area contributed by atoms with Gasteiger partial charge in [0.1, 0.15) is 0 Å². The lowest BCUT2D eigenvalue weighted by Gasteiger charge is -2.46. The van der Waals surface area contributed by atoms with Crippen molar-refractivity contribution in [1.82, 2.24) is 0 Å². The first kappa shape index (κ1) is 42.8. The van der Waals surface area contributed by atoms with Crippen molar-refractivity contribution in [3.63, 3.8) is 0 Å². The van der Waals surface area contributed by atoms with Crippen LogP contribution in [0.4, 0.5) is 119 Å². The lowest BCUT2D eigenvalue weighted by molar-refractivity contribution is -0.485. The molecule has 278 valence electrons. The fraction of sp³-hybridized carbons (Fsp3) is 0.650. The highest BCUT2D eigenvalue weighted by atomic mass is 19.4. The molecule has 0 aliphatic rings. The van der Waals surface area contributed by atoms with Gasteiger partial charge in [0, 0.05) is 5.56 Å². The highest BCUT2D eigenvalue weighted by Crippen LogP contribution is 2.68. The van der Waals surface area contributed by atoms with Crippen molar-refractivity contribution < 1.29 is 119 Å². The summed E-state index contributed by atoms with van der Waals surface area (Å²) in [6.45, 7) is 0. The van der Waals surface area contributed by atoms with E-state index in [1.165, 1.54) is 0 Å². The Bertz CT molecular complexity index is 1380. The fourth-order valence-electron chi connectivity index (χ4n) is 3.09. The minimum Gasteiger partial charge on any atom is -0.194 e. The van der Waals surface area contributed by atoms with Gasteiger partial charge in [-0.3, -0.25) is 0 Å². The van der Waals surface area contributed by atoms with Crippen LogP contribution in [0.25, 0.3) is 0 Å². The van der Waals surface area contributed by atoms with Crippen LogP contribution in [0.15, 0.2) is 24.3 Å². The van der Waals surface area contributed by atoms with E-state index >= 15 is 0 Å². The molecule has 0 saturated carbocycles. The summed E-state index contributed by atoms with van der Waals surface area (Å²) in [6, 6.07) is -0.00923. The second kappa shape index (κ2) is 10.9. The Hall–Kier alpha value is -3.18. The molecule has 0 saturated heterocycles. The zero-order valence-corrected chi connectivity index (χ0v) is 21.0. The first-order valence-electron chi connectivity index (χ1n) is 10.6. The van der Waals surface area contributed by atoms with Crippen molar-refractivity contribution in [2.24, 2.45) is 0 Å². The van der Waals surface area contributed by atoms with Gasteiger partial charge in [0.2, 0.25) is 0 Å². The van der Waals surface area contributed by atoms with Crippen LogP contribution in [-0.2, 0) is 5.92 Å². The number of hydrogen-bond donors (Lipinski definition) is 0. The summed E-state index contributed by atoms with van der Waals surface area (Å²) in [4.78, 5) is 0. The minimum absolute atomic E-state index is 0.00887. The summed E-state index contributed by atoms with van der Waals surface area (Å²) < 4.78 is 365. The number of nitrogens with zero attached hydrogens (tertiary/aromatic N) is 1. The van der Waals surface area contributed by atoms with Gasteiger partial charge in [-0.25, -0.2) is 0 Å². The van der Waals surface area contributed by atoms with Gasteiger partial charge < -0.3 is 0 Å². The van der Waals surface area contributed by atoms with E-state index in [4.69, 9.17) is 5.26 Å². The van der Waals surface area contributed by atoms with Crippen molar-refractivity contribution in [2.75, 3.05) is 0 Å². The van der Waals surface area contributed by atoms with Crippen LogP contribution in [0.1, 0.15) is 11.1 Å². The molecule has 0 aromatic heterocycles. The highest BCUT2D eigenvalue weighted by molar-refractivity contribution is 5.35. The van der Waals surface area contributed by atoms with Crippen LogP contribution in [0, 0.1) is 11.3 Å². The fourth-order valence-corrected chi connectivity index (χ4v) is 3.09. The lowest BCUT2D eigenvalue weighted by Crippen LogP contribution is -2.78. The lowest BCUT2D eigenvalue weighted by atomic mass is 9.83. The minimum atomic E-state index is -9.80. The maximum absolute atomic E-state index is 14.1. The molecule has 0 aliphatic carbocycles. The zero-order valence-electron chi connectivity index (χ0n) is 21.0. The second-order valence-corrected chi connectivity index (χ2v) is 9.08. The smallest absolute Gasteiger partial charge is 0.194 e. The number of hydrogen-bond acceptors (Lipinski definition) is 1. The predicted molar refractivity (Wildman–Crippen MR) is 95.5 cm³/mol. The van der Waals surface area contributed by atoms with Crippen molar-refractivity contribution in [3.8, 4) is 6.07 Å². The molecule has 0 N–H and O–H groups in total. The second-order valence-electron chi connectivity index (χ2n) is 9.08. The summed E-state index contributed by atoms with van der Waals surface area (Å²) in [6.07, 6.45) is -8.25. The Kier molecular flexibility index (Phi) is 9.74. The van der Waals surface area contributed by atoms with E-state index in [0.29, 0.717) is 0 Å². The molecule has 1 aromatic carbocycles. The number of rotatable bonds is 12. The molecule has 48 heavy (non-hydrogen) atoms. The molecule has 0 amide bonds. The largest absolute Gasteiger partial charge is 0.460 e. The van der Waals surface area contributed by atoms with Gasteiger partial charge in [0.25, 0.3) is 0 Å². The average molecular weight is 771 g/mol. The molecule has 1 rings (SSSR count). The maximum atomic E-state index is 14.1.